The Hall–Kier alpha value is -1.47. The Morgan fingerprint density at radius 3 is 2.52 bits per heavy atom. The minimum Gasteiger partial charge on any atom is -0.351 e. The molecule has 21 heavy (non-hydrogen) atoms. The second kappa shape index (κ2) is 5.73. The summed E-state index contributed by atoms with van der Waals surface area (Å²) in [6.07, 6.45) is 0.906. The van der Waals surface area contributed by atoms with Gasteiger partial charge in [-0.25, -0.2) is 4.98 Å². The lowest BCUT2D eigenvalue weighted by molar-refractivity contribution is 0.721. The van der Waals surface area contributed by atoms with Crippen molar-refractivity contribution in [1.82, 2.24) is 4.98 Å². The van der Waals surface area contributed by atoms with E-state index in [4.69, 9.17) is 40.1 Å². The zero-order valence-electron chi connectivity index (χ0n) is 10.9. The van der Waals surface area contributed by atoms with Crippen LogP contribution in [0.25, 0.3) is 0 Å². The maximum atomic E-state index is 9.02. The molecule has 0 radical (unpaired) electrons. The first-order chi connectivity index (χ1) is 10.1. The first-order valence-electron chi connectivity index (χ1n) is 6.38. The molecule has 106 valence electrons. The summed E-state index contributed by atoms with van der Waals surface area (Å²) in [6, 6.07) is 10.2. The number of fused-ring (bicyclic) bond motifs is 1. The zero-order chi connectivity index (χ0) is 15.0. The second-order valence-corrected chi connectivity index (χ2v) is 5.90. The molecule has 3 rings (SSSR count). The summed E-state index contributed by atoms with van der Waals surface area (Å²) >= 11 is 18.4. The van der Waals surface area contributed by atoms with Crippen molar-refractivity contribution in [3.8, 4) is 6.07 Å². The van der Waals surface area contributed by atoms with Crippen molar-refractivity contribution in [1.29, 1.82) is 5.26 Å². The van der Waals surface area contributed by atoms with Crippen molar-refractivity contribution in [2.24, 2.45) is 0 Å². The largest absolute Gasteiger partial charge is 0.351 e. The van der Waals surface area contributed by atoms with Gasteiger partial charge in [-0.15, -0.1) is 0 Å². The van der Waals surface area contributed by atoms with Crippen molar-refractivity contribution in [2.45, 2.75) is 13.0 Å². The molecule has 1 aliphatic rings. The summed E-state index contributed by atoms with van der Waals surface area (Å²) in [7, 11) is 0. The highest BCUT2D eigenvalue weighted by Crippen LogP contribution is 2.38. The lowest BCUT2D eigenvalue weighted by Gasteiger charge is -2.30. The van der Waals surface area contributed by atoms with Gasteiger partial charge in [-0.05, 0) is 17.5 Å². The molecule has 0 aliphatic carbocycles. The van der Waals surface area contributed by atoms with Gasteiger partial charge in [0.15, 0.2) is 11.0 Å². The van der Waals surface area contributed by atoms with E-state index in [-0.39, 0.29) is 20.8 Å². The third-order valence-corrected chi connectivity index (χ3v) is 4.67. The summed E-state index contributed by atoms with van der Waals surface area (Å²) < 4.78 is 0. The van der Waals surface area contributed by atoms with E-state index < -0.39 is 0 Å². The van der Waals surface area contributed by atoms with Crippen molar-refractivity contribution in [3.05, 3.63) is 56.2 Å². The van der Waals surface area contributed by atoms with Crippen LogP contribution in [0, 0.1) is 11.3 Å². The normalized spacial score (nSPS) is 13.7. The van der Waals surface area contributed by atoms with Gasteiger partial charge in [0.1, 0.15) is 16.7 Å². The van der Waals surface area contributed by atoms with Gasteiger partial charge in [0, 0.05) is 13.1 Å². The Labute approximate surface area is 137 Å². The molecule has 6 heteroatoms. The Balaban J connectivity index is 2.02. The van der Waals surface area contributed by atoms with Crippen LogP contribution in [0.2, 0.25) is 15.2 Å². The van der Waals surface area contributed by atoms with Crippen LogP contribution >= 0.6 is 34.8 Å². The summed E-state index contributed by atoms with van der Waals surface area (Å²) in [5, 5.41) is 9.54. The van der Waals surface area contributed by atoms with Crippen LogP contribution in [0.4, 0.5) is 5.82 Å². The standard InChI is InChI=1S/C15H10Cl3N3/c16-12-11(7-19)14(18)20-15(13(12)17)21-6-5-9-3-1-2-4-10(9)8-21/h1-4H,5-6,8H2. The zero-order valence-corrected chi connectivity index (χ0v) is 13.2. The highest BCUT2D eigenvalue weighted by atomic mass is 35.5. The highest BCUT2D eigenvalue weighted by Gasteiger charge is 2.23. The van der Waals surface area contributed by atoms with E-state index in [1.54, 1.807) is 0 Å². The quantitative estimate of drug-likeness (QED) is 0.720. The monoisotopic (exact) mass is 337 g/mol. The van der Waals surface area contributed by atoms with Crippen molar-refractivity contribution in [3.63, 3.8) is 0 Å². The van der Waals surface area contributed by atoms with E-state index in [2.05, 4.69) is 17.1 Å². The average Bonchev–Trinajstić information content (AvgIpc) is 2.51. The fourth-order valence-corrected chi connectivity index (χ4v) is 3.22. The molecule has 0 N–H and O–H groups in total. The SMILES string of the molecule is N#Cc1c(Cl)nc(N2CCc3ccccc3C2)c(Cl)c1Cl. The molecule has 1 aliphatic heterocycles. The number of rotatable bonds is 1. The van der Waals surface area contributed by atoms with Crippen LogP contribution in [0.5, 0.6) is 0 Å². The fraction of sp³-hybridized carbons (Fsp3) is 0.200. The molecule has 0 fully saturated rings. The summed E-state index contributed by atoms with van der Waals surface area (Å²) in [6.45, 7) is 1.48. The van der Waals surface area contributed by atoms with Gasteiger partial charge >= 0.3 is 0 Å². The number of nitriles is 1. The molecule has 1 aromatic carbocycles. The minimum atomic E-state index is 0.0840. The van der Waals surface area contributed by atoms with Crippen molar-refractivity contribution in [2.75, 3.05) is 11.4 Å². The number of hydrogen-bond acceptors (Lipinski definition) is 3. The van der Waals surface area contributed by atoms with Crippen LogP contribution in [0.3, 0.4) is 0 Å². The molecule has 0 spiro atoms. The van der Waals surface area contributed by atoms with Gasteiger partial charge < -0.3 is 4.90 Å². The number of aromatic nitrogens is 1. The predicted octanol–water partition coefficient (Wildman–Crippen LogP) is 4.48. The van der Waals surface area contributed by atoms with Crippen LogP contribution in [-0.2, 0) is 13.0 Å². The molecular formula is C15H10Cl3N3. The van der Waals surface area contributed by atoms with Crippen LogP contribution in [-0.4, -0.2) is 11.5 Å². The van der Waals surface area contributed by atoms with Gasteiger partial charge in [-0.1, -0.05) is 59.1 Å². The highest BCUT2D eigenvalue weighted by molar-refractivity contribution is 6.45. The lowest BCUT2D eigenvalue weighted by atomic mass is 10.00. The van der Waals surface area contributed by atoms with Crippen molar-refractivity contribution < 1.29 is 0 Å². The van der Waals surface area contributed by atoms with Gasteiger partial charge in [-0.3, -0.25) is 0 Å². The maximum absolute atomic E-state index is 9.02. The van der Waals surface area contributed by atoms with Gasteiger partial charge in [0.2, 0.25) is 0 Å². The number of nitrogens with zero attached hydrogens (tertiary/aromatic N) is 3. The average molecular weight is 339 g/mol. The molecule has 1 aromatic heterocycles. The lowest BCUT2D eigenvalue weighted by Crippen LogP contribution is -2.31. The molecule has 2 aromatic rings. The molecule has 3 nitrogen and oxygen atoms in total. The Kier molecular flexibility index (Phi) is 3.95. The number of halogens is 3. The molecular weight excluding hydrogens is 329 g/mol. The topological polar surface area (TPSA) is 39.9 Å². The molecule has 2 heterocycles. The van der Waals surface area contributed by atoms with Crippen LogP contribution < -0.4 is 4.90 Å². The molecule has 0 atom stereocenters. The molecule has 0 amide bonds. The van der Waals surface area contributed by atoms with E-state index >= 15 is 0 Å². The van der Waals surface area contributed by atoms with Gasteiger partial charge in [-0.2, -0.15) is 5.26 Å². The van der Waals surface area contributed by atoms with Crippen molar-refractivity contribution >= 4 is 40.6 Å². The van der Waals surface area contributed by atoms with E-state index in [1.807, 2.05) is 23.1 Å². The van der Waals surface area contributed by atoms with Gasteiger partial charge in [0.05, 0.1) is 5.02 Å². The van der Waals surface area contributed by atoms with E-state index in [0.29, 0.717) is 12.4 Å². The number of benzene rings is 1. The molecule has 0 bridgehead atoms. The molecule has 0 saturated heterocycles. The molecule has 0 unspecified atom stereocenters. The smallest absolute Gasteiger partial charge is 0.151 e. The Morgan fingerprint density at radius 2 is 1.81 bits per heavy atom. The third-order valence-electron chi connectivity index (χ3n) is 3.56. The number of anilines is 1. The first kappa shape index (κ1) is 14.5. The Bertz CT molecular complexity index is 753. The first-order valence-corrected chi connectivity index (χ1v) is 7.51. The second-order valence-electron chi connectivity index (χ2n) is 4.78. The molecule has 0 saturated carbocycles. The van der Waals surface area contributed by atoms with E-state index in [9.17, 15) is 0 Å². The summed E-state index contributed by atoms with van der Waals surface area (Å²) in [5.74, 6) is 0.528. The summed E-state index contributed by atoms with van der Waals surface area (Å²) in [4.78, 5) is 6.28. The number of pyridine rings is 1. The van der Waals surface area contributed by atoms with Crippen LogP contribution in [0.1, 0.15) is 16.7 Å². The number of hydrogen-bond donors (Lipinski definition) is 0. The van der Waals surface area contributed by atoms with E-state index in [0.717, 1.165) is 13.0 Å². The third kappa shape index (κ3) is 2.55. The summed E-state index contributed by atoms with van der Waals surface area (Å²) in [5.41, 5.74) is 2.68. The van der Waals surface area contributed by atoms with Crippen LogP contribution in [0.15, 0.2) is 24.3 Å². The predicted molar refractivity (Wildman–Crippen MR) is 85.2 cm³/mol. The maximum Gasteiger partial charge on any atom is 0.151 e. The minimum absolute atomic E-state index is 0.0840. The van der Waals surface area contributed by atoms with E-state index in [1.165, 1.54) is 11.1 Å². The fourth-order valence-electron chi connectivity index (χ4n) is 2.48. The van der Waals surface area contributed by atoms with Gasteiger partial charge in [0.25, 0.3) is 0 Å². The Morgan fingerprint density at radius 1 is 1.10 bits per heavy atom.